The van der Waals surface area contributed by atoms with Crippen LogP contribution in [0.2, 0.25) is 0 Å². The number of phosphoric ester groups is 1. The Hall–Kier alpha value is -2.55. The molecule has 0 aromatic carbocycles. The van der Waals surface area contributed by atoms with Gasteiger partial charge in [0.25, 0.3) is 7.82 Å². The Morgan fingerprint density at radius 2 is 0.800 bits per heavy atom. The fourth-order valence-corrected chi connectivity index (χ4v) is 10.4. The lowest BCUT2D eigenvalue weighted by atomic mass is 10.0. The summed E-state index contributed by atoms with van der Waals surface area (Å²) in [5.74, 6) is -0.559. The highest BCUT2D eigenvalue weighted by molar-refractivity contribution is 7.45. The van der Waals surface area contributed by atoms with Crippen molar-refractivity contribution in [2.75, 3.05) is 40.9 Å². The summed E-state index contributed by atoms with van der Waals surface area (Å²) in [6, 6.07) is -0.899. The normalized spacial score (nSPS) is 14.0. The van der Waals surface area contributed by atoms with Crippen LogP contribution in [-0.4, -0.2) is 69.4 Å². The van der Waals surface area contributed by atoms with E-state index in [2.05, 4.69) is 86.8 Å². The third-order valence-corrected chi connectivity index (χ3v) is 15.8. The van der Waals surface area contributed by atoms with Crippen molar-refractivity contribution in [3.63, 3.8) is 0 Å². The topological polar surface area (TPSA) is 114 Å². The summed E-state index contributed by atoms with van der Waals surface area (Å²) in [5, 5.41) is 3.03. The van der Waals surface area contributed by atoms with Crippen molar-refractivity contribution in [1.82, 2.24) is 5.32 Å². The first-order valence-corrected chi connectivity index (χ1v) is 35.2. The second-order valence-corrected chi connectivity index (χ2v) is 25.4. The number of likely N-dealkylation sites (N-methyl/N-ethyl adjacent to an activating group) is 1. The zero-order valence-corrected chi connectivity index (χ0v) is 54.2. The summed E-state index contributed by atoms with van der Waals surface area (Å²) in [5.41, 5.74) is 0. The average Bonchev–Trinajstić information content (AvgIpc) is 3.42. The molecule has 0 bridgehead atoms. The Bertz CT molecular complexity index is 1600. The number of nitrogens with one attached hydrogen (secondary N) is 1. The van der Waals surface area contributed by atoms with Crippen LogP contribution in [-0.2, 0) is 27.9 Å². The molecule has 0 saturated heterocycles. The number of hydrogen-bond donors (Lipinski definition) is 1. The molecule has 1 N–H and O–H groups in total. The molecule has 10 heteroatoms. The number of carbonyl (C=O) groups excluding carboxylic acids is 2. The number of amides is 1. The van der Waals surface area contributed by atoms with Gasteiger partial charge >= 0.3 is 5.97 Å². The molecule has 0 aliphatic carbocycles. The second kappa shape index (κ2) is 59.6. The summed E-state index contributed by atoms with van der Waals surface area (Å²) in [6.45, 7) is 6.72. The quantitative estimate of drug-likeness (QED) is 0.0212. The molecule has 0 heterocycles. The van der Waals surface area contributed by atoms with Gasteiger partial charge in [-0.2, -0.15) is 0 Å². The van der Waals surface area contributed by atoms with Gasteiger partial charge in [-0.1, -0.05) is 274 Å². The molecule has 0 radical (unpaired) electrons. The molecule has 0 spiro atoms. The zero-order chi connectivity index (χ0) is 58.6. The standard InChI is InChI=1S/C70H129N2O7P/c1-7-10-13-16-19-22-25-28-30-31-32-33-34-35-36-37-38-39-40-41-42-44-47-50-53-56-59-62-69(73)71-67(66-78-80(75,76)77-65-64-72(4,5)6)68(61-58-55-52-49-46-43-27-24-21-18-15-12-9-3)79-70(74)63-60-57-54-51-48-45-29-26-23-20-17-14-11-8-2/h11,14,19-20,22-23,28-30,45,58,61,67-68H,7-10,12-13,15-18,21,24-27,31-44,46-57,59-60,62-66H2,1-6H3,(H-,71,73,75,76)/b14-11+,22-19-,23-20+,30-28-,45-29+,61-58-. The molecule has 0 rings (SSSR count). The van der Waals surface area contributed by atoms with Gasteiger partial charge < -0.3 is 28.5 Å². The van der Waals surface area contributed by atoms with Crippen LogP contribution in [0, 0.1) is 0 Å². The van der Waals surface area contributed by atoms with Crippen LogP contribution < -0.4 is 10.2 Å². The van der Waals surface area contributed by atoms with E-state index in [0.717, 1.165) is 89.9 Å². The molecule has 9 nitrogen and oxygen atoms in total. The minimum absolute atomic E-state index is 0.0270. The van der Waals surface area contributed by atoms with E-state index < -0.39 is 26.6 Å². The van der Waals surface area contributed by atoms with Gasteiger partial charge in [0.05, 0.1) is 33.8 Å². The minimum Gasteiger partial charge on any atom is -0.756 e. The molecule has 0 aromatic rings. The Morgan fingerprint density at radius 3 is 1.23 bits per heavy atom. The molecule has 0 aliphatic rings. The third-order valence-electron chi connectivity index (χ3n) is 14.9. The summed E-state index contributed by atoms with van der Waals surface area (Å²) in [6.07, 6.45) is 77.4. The van der Waals surface area contributed by atoms with Crippen molar-refractivity contribution < 1.29 is 37.3 Å². The van der Waals surface area contributed by atoms with Crippen LogP contribution in [0.4, 0.5) is 0 Å². The number of carbonyl (C=O) groups is 2. The Labute approximate surface area is 495 Å². The summed E-state index contributed by atoms with van der Waals surface area (Å²) in [7, 11) is 1.17. The van der Waals surface area contributed by atoms with Gasteiger partial charge in [0.2, 0.25) is 5.91 Å². The maximum Gasteiger partial charge on any atom is 0.306 e. The average molecular weight is 1140 g/mol. The maximum atomic E-state index is 13.6. The van der Waals surface area contributed by atoms with Crippen LogP contribution in [0.3, 0.4) is 0 Å². The van der Waals surface area contributed by atoms with Crippen molar-refractivity contribution in [2.45, 2.75) is 322 Å². The maximum absolute atomic E-state index is 13.6. The Morgan fingerprint density at radius 1 is 0.450 bits per heavy atom. The van der Waals surface area contributed by atoms with Crippen molar-refractivity contribution in [2.24, 2.45) is 0 Å². The monoisotopic (exact) mass is 1140 g/mol. The smallest absolute Gasteiger partial charge is 0.306 e. The molecular formula is C70H129N2O7P. The van der Waals surface area contributed by atoms with E-state index in [1.54, 1.807) is 0 Å². The van der Waals surface area contributed by atoms with Crippen molar-refractivity contribution in [3.05, 3.63) is 72.9 Å². The molecule has 0 aromatic heterocycles. The van der Waals surface area contributed by atoms with Gasteiger partial charge in [0.15, 0.2) is 0 Å². The zero-order valence-electron chi connectivity index (χ0n) is 53.3. The van der Waals surface area contributed by atoms with Crippen molar-refractivity contribution in [3.8, 4) is 0 Å². The largest absolute Gasteiger partial charge is 0.756 e. The number of quaternary nitrogens is 1. The summed E-state index contributed by atoms with van der Waals surface area (Å²) in [4.78, 5) is 40.1. The third kappa shape index (κ3) is 60.1. The molecule has 0 aliphatic heterocycles. The molecule has 1 amide bonds. The van der Waals surface area contributed by atoms with E-state index in [-0.39, 0.29) is 24.9 Å². The van der Waals surface area contributed by atoms with Gasteiger partial charge in [-0.25, -0.2) is 0 Å². The van der Waals surface area contributed by atoms with Gasteiger partial charge in [0, 0.05) is 12.8 Å². The highest BCUT2D eigenvalue weighted by Crippen LogP contribution is 2.38. The first-order chi connectivity index (χ1) is 38.9. The number of allylic oxidation sites excluding steroid dienone is 11. The fraction of sp³-hybridized carbons (Fsp3) is 0.800. The lowest BCUT2D eigenvalue weighted by Crippen LogP contribution is -2.47. The highest BCUT2D eigenvalue weighted by Gasteiger charge is 2.27. The van der Waals surface area contributed by atoms with Gasteiger partial charge in [0.1, 0.15) is 19.3 Å². The summed E-state index contributed by atoms with van der Waals surface area (Å²) >= 11 is 0. The first kappa shape index (κ1) is 77.5. The SMILES string of the molecule is CC/C=C/C/C=C/C/C=C/CCCCCCC(=O)OC(/C=C\CCCCCCCCCCCCC)C(COP(=O)([O-])OCC[N+](C)(C)C)NC(=O)CCCCCCCCCCCCCCCCCCC/C=C\C/C=C\CCCCC. The molecular weight excluding hydrogens is 1010 g/mol. The summed E-state index contributed by atoms with van der Waals surface area (Å²) < 4.78 is 30.4. The Kier molecular flexibility index (Phi) is 57.7. The van der Waals surface area contributed by atoms with Crippen molar-refractivity contribution in [1.29, 1.82) is 0 Å². The molecule has 0 saturated carbocycles. The van der Waals surface area contributed by atoms with Crippen LogP contribution in [0.1, 0.15) is 310 Å². The molecule has 466 valence electrons. The predicted molar refractivity (Wildman–Crippen MR) is 344 cm³/mol. The molecule has 3 atom stereocenters. The van der Waals surface area contributed by atoms with Gasteiger partial charge in [-0.05, 0) is 96.0 Å². The number of hydrogen-bond acceptors (Lipinski definition) is 7. The number of ether oxygens (including phenoxy) is 1. The molecule has 3 unspecified atom stereocenters. The van der Waals surface area contributed by atoms with E-state index in [9.17, 15) is 19.0 Å². The number of phosphoric acid groups is 1. The van der Waals surface area contributed by atoms with Crippen LogP contribution in [0.5, 0.6) is 0 Å². The number of rotatable bonds is 61. The number of esters is 1. The van der Waals surface area contributed by atoms with Crippen LogP contribution in [0.15, 0.2) is 72.9 Å². The minimum atomic E-state index is -4.71. The number of nitrogens with zero attached hydrogens (tertiary/aromatic N) is 1. The van der Waals surface area contributed by atoms with Gasteiger partial charge in [-0.15, -0.1) is 0 Å². The van der Waals surface area contributed by atoms with E-state index in [4.69, 9.17) is 13.8 Å². The fourth-order valence-electron chi connectivity index (χ4n) is 9.69. The van der Waals surface area contributed by atoms with Crippen molar-refractivity contribution >= 4 is 19.7 Å². The van der Waals surface area contributed by atoms with Crippen LogP contribution >= 0.6 is 7.82 Å². The van der Waals surface area contributed by atoms with Crippen LogP contribution in [0.25, 0.3) is 0 Å². The molecule has 80 heavy (non-hydrogen) atoms. The lowest BCUT2D eigenvalue weighted by molar-refractivity contribution is -0.870. The lowest BCUT2D eigenvalue weighted by Gasteiger charge is -2.30. The first-order valence-electron chi connectivity index (χ1n) is 33.7. The van der Waals surface area contributed by atoms with E-state index in [1.165, 1.54) is 180 Å². The number of unbranched alkanes of at least 4 members (excludes halogenated alkanes) is 35. The van der Waals surface area contributed by atoms with E-state index in [1.807, 2.05) is 33.3 Å². The van der Waals surface area contributed by atoms with E-state index in [0.29, 0.717) is 23.9 Å². The predicted octanol–water partition coefficient (Wildman–Crippen LogP) is 20.5. The van der Waals surface area contributed by atoms with Gasteiger partial charge in [-0.3, -0.25) is 14.2 Å². The van der Waals surface area contributed by atoms with E-state index >= 15 is 0 Å². The second-order valence-electron chi connectivity index (χ2n) is 23.9. The Balaban J connectivity index is 5.04. The molecule has 0 fully saturated rings. The highest BCUT2D eigenvalue weighted by atomic mass is 31.2.